The SMILES string of the molecule is Cn1cc(C=CC(=O)Nc2ccc(F)cc2NC(=O)OC(C)(C)C)cn1. The molecule has 26 heavy (non-hydrogen) atoms. The maximum absolute atomic E-state index is 13.5. The number of benzene rings is 1. The van der Waals surface area contributed by atoms with Gasteiger partial charge in [-0.3, -0.25) is 14.8 Å². The fraction of sp³-hybridized carbons (Fsp3) is 0.278. The first-order valence-electron chi connectivity index (χ1n) is 7.90. The number of hydrogen-bond donors (Lipinski definition) is 2. The van der Waals surface area contributed by atoms with Gasteiger partial charge in [-0.05, 0) is 45.0 Å². The molecule has 0 aliphatic heterocycles. The molecule has 0 atom stereocenters. The zero-order valence-electron chi connectivity index (χ0n) is 15.0. The van der Waals surface area contributed by atoms with Gasteiger partial charge in [-0.1, -0.05) is 0 Å². The first kappa shape index (κ1) is 19.2. The van der Waals surface area contributed by atoms with Crippen LogP contribution in [0.2, 0.25) is 0 Å². The molecule has 0 unspecified atom stereocenters. The maximum Gasteiger partial charge on any atom is 0.412 e. The minimum Gasteiger partial charge on any atom is -0.444 e. The van der Waals surface area contributed by atoms with E-state index in [-0.39, 0.29) is 11.4 Å². The minimum atomic E-state index is -0.746. The molecule has 1 heterocycles. The molecule has 0 saturated carbocycles. The number of ether oxygens (including phenoxy) is 1. The number of halogens is 1. The van der Waals surface area contributed by atoms with Crippen molar-refractivity contribution in [2.24, 2.45) is 7.05 Å². The third-order valence-corrected chi connectivity index (χ3v) is 3.03. The number of carbonyl (C=O) groups is 2. The maximum atomic E-state index is 13.5. The summed E-state index contributed by atoms with van der Waals surface area (Å²) in [6.45, 7) is 5.14. The van der Waals surface area contributed by atoms with Crippen molar-refractivity contribution in [1.82, 2.24) is 9.78 Å². The predicted octanol–water partition coefficient (Wildman–Crippen LogP) is 3.56. The highest BCUT2D eigenvalue weighted by atomic mass is 19.1. The summed E-state index contributed by atoms with van der Waals surface area (Å²) in [5.74, 6) is -0.993. The summed E-state index contributed by atoms with van der Waals surface area (Å²) in [7, 11) is 1.77. The van der Waals surface area contributed by atoms with Gasteiger partial charge in [0.2, 0.25) is 5.91 Å². The Bertz CT molecular complexity index is 837. The number of nitrogens with zero attached hydrogens (tertiary/aromatic N) is 2. The highest BCUT2D eigenvalue weighted by molar-refractivity contribution is 6.04. The molecule has 2 N–H and O–H groups in total. The van der Waals surface area contributed by atoms with Crippen molar-refractivity contribution in [3.63, 3.8) is 0 Å². The van der Waals surface area contributed by atoms with Crippen LogP contribution in [0.15, 0.2) is 36.7 Å². The number of hydrogen-bond acceptors (Lipinski definition) is 4. The van der Waals surface area contributed by atoms with E-state index in [2.05, 4.69) is 15.7 Å². The Morgan fingerprint density at radius 1 is 1.23 bits per heavy atom. The molecule has 0 saturated heterocycles. The summed E-state index contributed by atoms with van der Waals surface area (Å²) < 4.78 is 20.3. The van der Waals surface area contributed by atoms with Gasteiger partial charge in [0, 0.05) is 24.9 Å². The van der Waals surface area contributed by atoms with Gasteiger partial charge >= 0.3 is 6.09 Å². The van der Waals surface area contributed by atoms with E-state index in [1.54, 1.807) is 51.0 Å². The molecule has 0 bridgehead atoms. The van der Waals surface area contributed by atoms with Crippen LogP contribution in [0, 0.1) is 5.82 Å². The van der Waals surface area contributed by atoms with E-state index in [9.17, 15) is 14.0 Å². The molecule has 138 valence electrons. The van der Waals surface area contributed by atoms with Crippen molar-refractivity contribution >= 4 is 29.5 Å². The lowest BCUT2D eigenvalue weighted by molar-refractivity contribution is -0.111. The number of aryl methyl sites for hydroxylation is 1. The summed E-state index contributed by atoms with van der Waals surface area (Å²) in [6, 6.07) is 3.64. The van der Waals surface area contributed by atoms with Crippen molar-refractivity contribution in [2.75, 3.05) is 10.6 Å². The summed E-state index contributed by atoms with van der Waals surface area (Å²) in [5, 5.41) is 9.03. The van der Waals surface area contributed by atoms with Crippen molar-refractivity contribution in [1.29, 1.82) is 0 Å². The molecule has 0 aliphatic rings. The quantitative estimate of drug-likeness (QED) is 0.817. The molecule has 0 fully saturated rings. The zero-order valence-corrected chi connectivity index (χ0v) is 15.0. The average Bonchev–Trinajstić information content (AvgIpc) is 2.91. The van der Waals surface area contributed by atoms with Gasteiger partial charge in [0.25, 0.3) is 0 Å². The summed E-state index contributed by atoms with van der Waals surface area (Å²) in [6.07, 6.45) is 5.52. The lowest BCUT2D eigenvalue weighted by atomic mass is 10.2. The van der Waals surface area contributed by atoms with Crippen LogP contribution in [-0.2, 0) is 16.6 Å². The molecule has 8 heteroatoms. The second-order valence-corrected chi connectivity index (χ2v) is 6.59. The Hall–Kier alpha value is -3.16. The van der Waals surface area contributed by atoms with Crippen LogP contribution in [-0.4, -0.2) is 27.4 Å². The van der Waals surface area contributed by atoms with Gasteiger partial charge in [0.05, 0.1) is 17.6 Å². The monoisotopic (exact) mass is 360 g/mol. The van der Waals surface area contributed by atoms with Gasteiger partial charge in [-0.2, -0.15) is 5.10 Å². The Morgan fingerprint density at radius 3 is 2.58 bits per heavy atom. The number of amides is 2. The van der Waals surface area contributed by atoms with Crippen LogP contribution in [0.1, 0.15) is 26.3 Å². The van der Waals surface area contributed by atoms with E-state index in [4.69, 9.17) is 4.74 Å². The van der Waals surface area contributed by atoms with Crippen LogP contribution in [0.3, 0.4) is 0 Å². The highest BCUT2D eigenvalue weighted by Crippen LogP contribution is 2.24. The summed E-state index contributed by atoms with van der Waals surface area (Å²) >= 11 is 0. The molecule has 1 aromatic carbocycles. The molecular formula is C18H21FN4O3. The lowest BCUT2D eigenvalue weighted by Gasteiger charge is -2.20. The van der Waals surface area contributed by atoms with Crippen LogP contribution in [0.4, 0.5) is 20.6 Å². The van der Waals surface area contributed by atoms with E-state index >= 15 is 0 Å². The van der Waals surface area contributed by atoms with Crippen molar-refractivity contribution in [3.8, 4) is 0 Å². The second kappa shape index (κ2) is 7.81. The third-order valence-electron chi connectivity index (χ3n) is 3.03. The summed E-state index contributed by atoms with van der Waals surface area (Å²) in [5.41, 5.74) is 0.405. The Labute approximate surface area is 150 Å². The fourth-order valence-electron chi connectivity index (χ4n) is 2.01. The van der Waals surface area contributed by atoms with E-state index in [1.165, 1.54) is 18.2 Å². The van der Waals surface area contributed by atoms with Gasteiger partial charge in [-0.25, -0.2) is 9.18 Å². The van der Waals surface area contributed by atoms with Gasteiger partial charge in [-0.15, -0.1) is 0 Å². The molecule has 2 amide bonds. The zero-order chi connectivity index (χ0) is 19.3. The highest BCUT2D eigenvalue weighted by Gasteiger charge is 2.18. The largest absolute Gasteiger partial charge is 0.444 e. The number of carbonyl (C=O) groups excluding carboxylic acids is 2. The fourth-order valence-corrected chi connectivity index (χ4v) is 2.01. The average molecular weight is 360 g/mol. The molecule has 2 rings (SSSR count). The molecule has 0 aliphatic carbocycles. The van der Waals surface area contributed by atoms with E-state index in [1.807, 2.05) is 0 Å². The molecule has 1 aromatic heterocycles. The van der Waals surface area contributed by atoms with E-state index in [0.29, 0.717) is 0 Å². The number of aromatic nitrogens is 2. The minimum absolute atomic E-state index is 0.0994. The van der Waals surface area contributed by atoms with E-state index in [0.717, 1.165) is 11.6 Å². The van der Waals surface area contributed by atoms with Crippen LogP contribution < -0.4 is 10.6 Å². The number of anilines is 2. The molecule has 2 aromatic rings. The Morgan fingerprint density at radius 2 is 1.96 bits per heavy atom. The molecule has 7 nitrogen and oxygen atoms in total. The van der Waals surface area contributed by atoms with E-state index < -0.39 is 23.4 Å². The van der Waals surface area contributed by atoms with Crippen molar-refractivity contribution in [3.05, 3.63) is 48.0 Å². The summed E-state index contributed by atoms with van der Waals surface area (Å²) in [4.78, 5) is 24.0. The van der Waals surface area contributed by atoms with Gasteiger partial charge < -0.3 is 10.1 Å². The Kier molecular flexibility index (Phi) is 5.76. The number of rotatable bonds is 4. The van der Waals surface area contributed by atoms with Crippen LogP contribution in [0.5, 0.6) is 0 Å². The number of nitrogens with one attached hydrogen (secondary N) is 2. The first-order chi connectivity index (χ1) is 12.1. The second-order valence-electron chi connectivity index (χ2n) is 6.59. The third kappa shape index (κ3) is 6.04. The van der Waals surface area contributed by atoms with Gasteiger partial charge in [0.15, 0.2) is 0 Å². The molecule has 0 spiro atoms. The van der Waals surface area contributed by atoms with Crippen LogP contribution >= 0.6 is 0 Å². The van der Waals surface area contributed by atoms with Gasteiger partial charge in [0.1, 0.15) is 11.4 Å². The smallest absolute Gasteiger partial charge is 0.412 e. The van der Waals surface area contributed by atoms with Crippen molar-refractivity contribution in [2.45, 2.75) is 26.4 Å². The van der Waals surface area contributed by atoms with Crippen LogP contribution in [0.25, 0.3) is 6.08 Å². The lowest BCUT2D eigenvalue weighted by Crippen LogP contribution is -2.27. The predicted molar refractivity (Wildman–Crippen MR) is 97.1 cm³/mol. The molecule has 0 radical (unpaired) electrons. The first-order valence-corrected chi connectivity index (χ1v) is 7.90. The van der Waals surface area contributed by atoms with Crippen molar-refractivity contribution < 1.29 is 18.7 Å². The molecular weight excluding hydrogens is 339 g/mol. The topological polar surface area (TPSA) is 85.2 Å². The standard InChI is InChI=1S/C18H21FN4O3/c1-18(2,3)26-17(25)22-15-9-13(19)6-7-14(15)21-16(24)8-5-12-10-20-23(4)11-12/h5-11H,1-4H3,(H,21,24)(H,22,25). The Balaban J connectivity index is 2.09. The normalized spacial score (nSPS) is 11.4.